The quantitative estimate of drug-likeness (QED) is 0.878. The summed E-state index contributed by atoms with van der Waals surface area (Å²) in [7, 11) is 3.69. The number of ether oxygens (including phenoxy) is 1. The fourth-order valence-electron chi connectivity index (χ4n) is 2.17. The third kappa shape index (κ3) is 3.41. The SMILES string of the molecule is COCCc1ccccc1NCc1c(Br)c(C)nn1C. The molecule has 2 aromatic rings. The van der Waals surface area contributed by atoms with Crippen molar-refractivity contribution in [3.05, 3.63) is 45.7 Å². The summed E-state index contributed by atoms with van der Waals surface area (Å²) in [5, 5.41) is 7.89. The van der Waals surface area contributed by atoms with Gasteiger partial charge in [-0.3, -0.25) is 4.68 Å². The molecule has 0 atom stereocenters. The summed E-state index contributed by atoms with van der Waals surface area (Å²) in [6, 6.07) is 8.33. The monoisotopic (exact) mass is 337 g/mol. The number of hydrogen-bond donors (Lipinski definition) is 1. The van der Waals surface area contributed by atoms with E-state index in [4.69, 9.17) is 4.74 Å². The summed E-state index contributed by atoms with van der Waals surface area (Å²) >= 11 is 3.59. The van der Waals surface area contributed by atoms with E-state index in [0.717, 1.165) is 41.1 Å². The van der Waals surface area contributed by atoms with Crippen LogP contribution in [0.2, 0.25) is 0 Å². The molecule has 1 heterocycles. The number of nitrogens with one attached hydrogen (secondary N) is 1. The Balaban J connectivity index is 2.10. The molecule has 1 aromatic heterocycles. The van der Waals surface area contributed by atoms with Crippen molar-refractivity contribution < 1.29 is 4.74 Å². The number of hydrogen-bond acceptors (Lipinski definition) is 3. The van der Waals surface area contributed by atoms with Gasteiger partial charge in [-0.2, -0.15) is 5.10 Å². The number of nitrogens with zero attached hydrogens (tertiary/aromatic N) is 2. The van der Waals surface area contributed by atoms with Gasteiger partial charge in [-0.1, -0.05) is 18.2 Å². The lowest BCUT2D eigenvalue weighted by atomic mass is 10.1. The minimum absolute atomic E-state index is 0.729. The minimum Gasteiger partial charge on any atom is -0.384 e. The van der Waals surface area contributed by atoms with Gasteiger partial charge < -0.3 is 10.1 Å². The highest BCUT2D eigenvalue weighted by atomic mass is 79.9. The molecule has 5 heteroatoms. The van der Waals surface area contributed by atoms with Gasteiger partial charge >= 0.3 is 0 Å². The van der Waals surface area contributed by atoms with E-state index in [2.05, 4.69) is 44.5 Å². The van der Waals surface area contributed by atoms with Gasteiger partial charge in [0.15, 0.2) is 0 Å². The number of aryl methyl sites for hydroxylation is 2. The average molecular weight is 338 g/mol. The zero-order chi connectivity index (χ0) is 14.5. The number of methoxy groups -OCH3 is 1. The van der Waals surface area contributed by atoms with E-state index in [0.29, 0.717) is 0 Å². The van der Waals surface area contributed by atoms with Crippen molar-refractivity contribution in [2.75, 3.05) is 19.0 Å². The zero-order valence-electron chi connectivity index (χ0n) is 12.1. The first-order valence-corrected chi connectivity index (χ1v) is 7.41. The summed E-state index contributed by atoms with van der Waals surface area (Å²) < 4.78 is 8.13. The number of rotatable bonds is 6. The lowest BCUT2D eigenvalue weighted by Gasteiger charge is -2.12. The maximum absolute atomic E-state index is 5.16. The molecule has 0 spiro atoms. The molecule has 0 aliphatic heterocycles. The van der Waals surface area contributed by atoms with Crippen molar-refractivity contribution in [2.45, 2.75) is 19.9 Å². The zero-order valence-corrected chi connectivity index (χ0v) is 13.7. The molecule has 0 radical (unpaired) electrons. The van der Waals surface area contributed by atoms with Crippen LogP contribution in [0.15, 0.2) is 28.7 Å². The van der Waals surface area contributed by atoms with Crippen molar-refractivity contribution in [2.24, 2.45) is 7.05 Å². The van der Waals surface area contributed by atoms with E-state index < -0.39 is 0 Å². The van der Waals surface area contributed by atoms with Gasteiger partial charge in [0, 0.05) is 19.8 Å². The molecule has 1 aromatic carbocycles. The third-order valence-corrected chi connectivity index (χ3v) is 4.33. The normalized spacial score (nSPS) is 10.8. The van der Waals surface area contributed by atoms with Crippen molar-refractivity contribution in [3.8, 4) is 0 Å². The van der Waals surface area contributed by atoms with Crippen molar-refractivity contribution in [1.82, 2.24) is 9.78 Å². The number of benzene rings is 1. The van der Waals surface area contributed by atoms with E-state index in [-0.39, 0.29) is 0 Å². The topological polar surface area (TPSA) is 39.1 Å². The van der Waals surface area contributed by atoms with Gasteiger partial charge in [-0.15, -0.1) is 0 Å². The fraction of sp³-hybridized carbons (Fsp3) is 0.400. The van der Waals surface area contributed by atoms with E-state index >= 15 is 0 Å². The molecule has 20 heavy (non-hydrogen) atoms. The lowest BCUT2D eigenvalue weighted by molar-refractivity contribution is 0.202. The van der Waals surface area contributed by atoms with Gasteiger partial charge in [-0.25, -0.2) is 0 Å². The standard InChI is InChI=1S/C15H20BrN3O/c1-11-15(16)14(19(2)18-11)10-17-13-7-5-4-6-12(13)8-9-20-3/h4-7,17H,8-10H2,1-3H3. The van der Waals surface area contributed by atoms with E-state index in [1.807, 2.05) is 24.7 Å². The van der Waals surface area contributed by atoms with Crippen LogP contribution >= 0.6 is 15.9 Å². The Morgan fingerprint density at radius 3 is 2.75 bits per heavy atom. The lowest BCUT2D eigenvalue weighted by Crippen LogP contribution is -2.08. The molecule has 2 rings (SSSR count). The van der Waals surface area contributed by atoms with Crippen LogP contribution in [-0.2, 0) is 24.8 Å². The fourth-order valence-corrected chi connectivity index (χ4v) is 2.65. The first kappa shape index (κ1) is 15.1. The van der Waals surface area contributed by atoms with Crippen LogP contribution in [0.5, 0.6) is 0 Å². The summed E-state index contributed by atoms with van der Waals surface area (Å²) in [4.78, 5) is 0. The van der Waals surface area contributed by atoms with Gasteiger partial charge in [-0.05, 0) is 40.9 Å². The molecule has 0 aliphatic carbocycles. The van der Waals surface area contributed by atoms with E-state index in [1.54, 1.807) is 7.11 Å². The van der Waals surface area contributed by atoms with E-state index in [9.17, 15) is 0 Å². The van der Waals surface area contributed by atoms with Gasteiger partial charge in [0.05, 0.1) is 29.0 Å². The van der Waals surface area contributed by atoms with Crippen molar-refractivity contribution in [3.63, 3.8) is 0 Å². The molecular formula is C15H20BrN3O. The highest BCUT2D eigenvalue weighted by molar-refractivity contribution is 9.10. The van der Waals surface area contributed by atoms with Gasteiger partial charge in [0.25, 0.3) is 0 Å². The Labute approximate surface area is 128 Å². The molecule has 0 saturated heterocycles. The Kier molecular flexibility index (Phi) is 5.20. The van der Waals surface area contributed by atoms with Gasteiger partial charge in [0.2, 0.25) is 0 Å². The van der Waals surface area contributed by atoms with Gasteiger partial charge in [0.1, 0.15) is 0 Å². The van der Waals surface area contributed by atoms with Crippen LogP contribution in [0, 0.1) is 6.92 Å². The molecule has 1 N–H and O–H groups in total. The minimum atomic E-state index is 0.729. The first-order chi connectivity index (χ1) is 9.63. The van der Waals surface area contributed by atoms with Crippen LogP contribution in [-0.4, -0.2) is 23.5 Å². The molecule has 4 nitrogen and oxygen atoms in total. The Hall–Kier alpha value is -1.33. The van der Waals surface area contributed by atoms with Crippen LogP contribution < -0.4 is 5.32 Å². The molecule has 0 aliphatic rings. The number of anilines is 1. The van der Waals surface area contributed by atoms with Crippen LogP contribution in [0.1, 0.15) is 17.0 Å². The number of aromatic nitrogens is 2. The summed E-state index contributed by atoms with van der Waals surface area (Å²) in [5.41, 5.74) is 4.57. The molecular weight excluding hydrogens is 318 g/mol. The number of para-hydroxylation sites is 1. The first-order valence-electron chi connectivity index (χ1n) is 6.62. The second-order valence-corrected chi connectivity index (χ2v) is 5.52. The highest BCUT2D eigenvalue weighted by Crippen LogP contribution is 2.22. The average Bonchev–Trinajstić information content (AvgIpc) is 2.69. The highest BCUT2D eigenvalue weighted by Gasteiger charge is 2.10. The summed E-state index contributed by atoms with van der Waals surface area (Å²) in [5.74, 6) is 0. The van der Waals surface area contributed by atoms with Crippen LogP contribution in [0.4, 0.5) is 5.69 Å². The maximum atomic E-state index is 5.16. The number of halogens is 1. The predicted molar refractivity (Wildman–Crippen MR) is 85.0 cm³/mol. The second kappa shape index (κ2) is 6.90. The molecule has 0 fully saturated rings. The second-order valence-electron chi connectivity index (χ2n) is 4.72. The van der Waals surface area contributed by atoms with Crippen molar-refractivity contribution in [1.29, 1.82) is 0 Å². The molecule has 0 amide bonds. The third-order valence-electron chi connectivity index (χ3n) is 3.30. The van der Waals surface area contributed by atoms with E-state index in [1.165, 1.54) is 5.56 Å². The van der Waals surface area contributed by atoms with Crippen molar-refractivity contribution >= 4 is 21.6 Å². The Morgan fingerprint density at radius 1 is 1.35 bits per heavy atom. The predicted octanol–water partition coefficient (Wildman–Crippen LogP) is 3.29. The summed E-state index contributed by atoms with van der Waals surface area (Å²) in [6.45, 7) is 3.47. The van der Waals surface area contributed by atoms with Crippen LogP contribution in [0.25, 0.3) is 0 Å². The Bertz CT molecular complexity index is 580. The smallest absolute Gasteiger partial charge is 0.0739 e. The molecule has 0 unspecified atom stereocenters. The molecule has 0 bridgehead atoms. The molecule has 108 valence electrons. The molecule has 0 saturated carbocycles. The maximum Gasteiger partial charge on any atom is 0.0739 e. The van der Waals surface area contributed by atoms with Crippen LogP contribution in [0.3, 0.4) is 0 Å². The Morgan fingerprint density at radius 2 is 2.10 bits per heavy atom. The largest absolute Gasteiger partial charge is 0.384 e. The summed E-state index contributed by atoms with van der Waals surface area (Å²) in [6.07, 6.45) is 0.908.